The summed E-state index contributed by atoms with van der Waals surface area (Å²) < 4.78 is 8.73. The highest BCUT2D eigenvalue weighted by molar-refractivity contribution is 8.74. The summed E-state index contributed by atoms with van der Waals surface area (Å²) in [6.07, 6.45) is 0. The normalized spacial score (nSPS) is 22.5. The van der Waals surface area contributed by atoms with Crippen molar-refractivity contribution in [1.29, 1.82) is 0 Å². The van der Waals surface area contributed by atoms with Crippen molar-refractivity contribution >= 4 is 29.5 Å². The Kier molecular flexibility index (Phi) is 1.67. The van der Waals surface area contributed by atoms with Gasteiger partial charge in [0.05, 0.1) is 22.1 Å². The van der Waals surface area contributed by atoms with Gasteiger partial charge in [-0.1, -0.05) is 0 Å². The molecule has 6 heteroatoms. The van der Waals surface area contributed by atoms with Crippen LogP contribution in [0.5, 0.6) is 0 Å². The molecule has 0 unspecified atom stereocenters. The molecule has 6 heavy (non-hydrogen) atoms. The zero-order valence-corrected chi connectivity index (χ0v) is 4.29. The summed E-state index contributed by atoms with van der Waals surface area (Å²) in [7, 11) is -1.03. The standard InChI is InChI=1S/BHO3S2/c2-1-3-5-6-4-1/h2H. The van der Waals surface area contributed by atoms with Gasteiger partial charge in [0.2, 0.25) is 0 Å². The molecule has 0 saturated carbocycles. The predicted octanol–water partition coefficient (Wildman–Crippen LogP) is 0.222. The van der Waals surface area contributed by atoms with Crippen LogP contribution in [-0.2, 0) is 8.20 Å². The summed E-state index contributed by atoms with van der Waals surface area (Å²) >= 11 is 2.05. The van der Waals surface area contributed by atoms with Gasteiger partial charge in [0.25, 0.3) is 0 Å². The van der Waals surface area contributed by atoms with Crippen molar-refractivity contribution in [2.24, 2.45) is 0 Å². The van der Waals surface area contributed by atoms with Crippen LogP contribution in [0, 0.1) is 0 Å². The molecule has 0 aromatic rings. The Morgan fingerprint density at radius 2 is 1.83 bits per heavy atom. The highest BCUT2D eigenvalue weighted by Crippen LogP contribution is 2.31. The Labute approximate surface area is 43.4 Å². The molecule has 1 heterocycles. The lowest BCUT2D eigenvalue weighted by atomic mass is 10.3. The molecular formula is HBO3S2. The number of rotatable bonds is 0. The van der Waals surface area contributed by atoms with Crippen LogP contribution in [0.15, 0.2) is 0 Å². The van der Waals surface area contributed by atoms with Gasteiger partial charge in [-0.25, -0.2) is 0 Å². The molecule has 0 aliphatic carbocycles. The number of hydrogen-bond acceptors (Lipinski definition) is 5. The maximum atomic E-state index is 8.24. The van der Waals surface area contributed by atoms with Crippen molar-refractivity contribution in [2.45, 2.75) is 0 Å². The molecule has 1 aliphatic rings. The fraction of sp³-hybridized carbons (Fsp3) is 0. The van der Waals surface area contributed by atoms with Gasteiger partial charge in [-0.05, 0) is 0 Å². The zero-order chi connectivity index (χ0) is 4.41. The van der Waals surface area contributed by atoms with Crippen molar-refractivity contribution in [3.63, 3.8) is 0 Å². The second kappa shape index (κ2) is 2.08. The minimum absolute atomic E-state index is 1.03. The van der Waals surface area contributed by atoms with Crippen LogP contribution in [-0.4, -0.2) is 12.3 Å². The van der Waals surface area contributed by atoms with Crippen molar-refractivity contribution in [3.8, 4) is 0 Å². The van der Waals surface area contributed by atoms with Crippen LogP contribution in [0.2, 0.25) is 0 Å². The Bertz CT molecular complexity index is 42.1. The van der Waals surface area contributed by atoms with Crippen molar-refractivity contribution in [1.82, 2.24) is 0 Å². The van der Waals surface area contributed by atoms with Gasteiger partial charge in [-0.2, -0.15) is 0 Å². The van der Waals surface area contributed by atoms with Crippen LogP contribution in [0.3, 0.4) is 0 Å². The molecule has 34 valence electrons. The minimum atomic E-state index is -1.03. The smallest absolute Gasteiger partial charge is 0.400 e. The Morgan fingerprint density at radius 3 is 2.00 bits per heavy atom. The summed E-state index contributed by atoms with van der Waals surface area (Å²) in [6.45, 7) is 0. The van der Waals surface area contributed by atoms with E-state index in [0.717, 1.165) is 22.1 Å². The van der Waals surface area contributed by atoms with Gasteiger partial charge in [0, 0.05) is 0 Å². The predicted molar refractivity (Wildman–Crippen MR) is 25.3 cm³/mol. The van der Waals surface area contributed by atoms with Gasteiger partial charge >= 0.3 is 7.32 Å². The van der Waals surface area contributed by atoms with E-state index in [1.165, 1.54) is 0 Å². The molecular weight excluding hydrogens is 123 g/mol. The van der Waals surface area contributed by atoms with Crippen LogP contribution >= 0.6 is 22.1 Å². The second-order valence-corrected chi connectivity index (χ2v) is 2.11. The van der Waals surface area contributed by atoms with E-state index in [2.05, 4.69) is 8.20 Å². The largest absolute Gasteiger partial charge is 0.661 e. The van der Waals surface area contributed by atoms with Crippen molar-refractivity contribution in [3.05, 3.63) is 0 Å². The lowest BCUT2D eigenvalue weighted by molar-refractivity contribution is 0.355. The third-order valence-electron chi connectivity index (χ3n) is 0.271. The monoisotopic (exact) mass is 124 g/mol. The highest BCUT2D eigenvalue weighted by Gasteiger charge is 2.24. The van der Waals surface area contributed by atoms with E-state index in [4.69, 9.17) is 5.02 Å². The Hall–Kier alpha value is 0.645. The van der Waals surface area contributed by atoms with Crippen LogP contribution < -0.4 is 0 Å². The van der Waals surface area contributed by atoms with Gasteiger partial charge in [0.15, 0.2) is 0 Å². The molecule has 1 rings (SSSR count). The second-order valence-electron chi connectivity index (χ2n) is 0.636. The molecule has 1 N–H and O–H groups in total. The van der Waals surface area contributed by atoms with Gasteiger partial charge < -0.3 is 13.2 Å². The van der Waals surface area contributed by atoms with Crippen LogP contribution in [0.4, 0.5) is 0 Å². The lowest BCUT2D eigenvalue weighted by Gasteiger charge is -1.80. The first-order chi connectivity index (χ1) is 2.89. The van der Waals surface area contributed by atoms with Gasteiger partial charge in [-0.3, -0.25) is 0 Å². The summed E-state index contributed by atoms with van der Waals surface area (Å²) in [5, 5.41) is 8.24. The molecule has 0 bridgehead atoms. The molecule has 0 aromatic heterocycles. The Morgan fingerprint density at radius 1 is 1.33 bits per heavy atom. The summed E-state index contributed by atoms with van der Waals surface area (Å²) in [4.78, 5) is 0. The maximum Gasteiger partial charge on any atom is 0.661 e. The first-order valence-corrected chi connectivity index (χ1v) is 3.23. The maximum absolute atomic E-state index is 8.24. The van der Waals surface area contributed by atoms with E-state index < -0.39 is 7.32 Å². The van der Waals surface area contributed by atoms with Gasteiger partial charge in [-0.15, -0.1) is 0 Å². The highest BCUT2D eigenvalue weighted by atomic mass is 33.1. The molecule has 1 fully saturated rings. The molecule has 0 aromatic carbocycles. The first kappa shape index (κ1) is 4.80. The lowest BCUT2D eigenvalue weighted by Crippen LogP contribution is -2.08. The van der Waals surface area contributed by atoms with Gasteiger partial charge in [0.1, 0.15) is 0 Å². The molecule has 3 nitrogen and oxygen atoms in total. The summed E-state index contributed by atoms with van der Waals surface area (Å²) in [5.41, 5.74) is 0. The van der Waals surface area contributed by atoms with Crippen LogP contribution in [0.25, 0.3) is 0 Å². The fourth-order valence-corrected chi connectivity index (χ4v) is 1.04. The van der Waals surface area contributed by atoms with Crippen molar-refractivity contribution in [2.75, 3.05) is 0 Å². The number of hydrogen-bond donors (Lipinski definition) is 1. The van der Waals surface area contributed by atoms with Crippen LogP contribution in [0.1, 0.15) is 0 Å². The molecule has 0 spiro atoms. The average Bonchev–Trinajstić information content (AvgIpc) is 1.86. The molecule has 0 radical (unpaired) electrons. The zero-order valence-electron chi connectivity index (χ0n) is 2.66. The summed E-state index contributed by atoms with van der Waals surface area (Å²) in [6, 6.07) is 0. The van der Waals surface area contributed by atoms with E-state index in [9.17, 15) is 0 Å². The molecule has 0 amide bonds. The summed E-state index contributed by atoms with van der Waals surface area (Å²) in [5.74, 6) is 0. The molecule has 0 atom stereocenters. The molecule has 1 aliphatic heterocycles. The molecule has 1 saturated heterocycles. The Balaban J connectivity index is 2.18. The minimum Gasteiger partial charge on any atom is -0.400 e. The third-order valence-corrected chi connectivity index (χ3v) is 1.45. The van der Waals surface area contributed by atoms with E-state index in [0.29, 0.717) is 0 Å². The van der Waals surface area contributed by atoms with E-state index in [1.807, 2.05) is 0 Å². The quantitative estimate of drug-likeness (QED) is 0.284. The fourth-order valence-electron chi connectivity index (χ4n) is 0.115. The van der Waals surface area contributed by atoms with E-state index in [1.54, 1.807) is 0 Å². The van der Waals surface area contributed by atoms with E-state index >= 15 is 0 Å². The van der Waals surface area contributed by atoms with Crippen molar-refractivity contribution < 1.29 is 13.2 Å². The van der Waals surface area contributed by atoms with E-state index in [-0.39, 0.29) is 0 Å². The first-order valence-electron chi connectivity index (χ1n) is 1.23. The third kappa shape index (κ3) is 1.06. The SMILES string of the molecule is OB1OSSO1. The average molecular weight is 124 g/mol. The topological polar surface area (TPSA) is 38.7 Å².